The number of rotatable bonds is 4. The summed E-state index contributed by atoms with van der Waals surface area (Å²) in [6.07, 6.45) is 0. The van der Waals surface area contributed by atoms with Crippen LogP contribution in [0.5, 0.6) is 0 Å². The van der Waals surface area contributed by atoms with E-state index >= 15 is 0 Å². The van der Waals surface area contributed by atoms with Crippen LogP contribution >= 0.6 is 22.7 Å². The van der Waals surface area contributed by atoms with Crippen LogP contribution in [0.4, 0.5) is 0 Å². The van der Waals surface area contributed by atoms with E-state index in [2.05, 4.69) is 157 Å². The van der Waals surface area contributed by atoms with Gasteiger partial charge in [0.2, 0.25) is 0 Å². The molecule has 0 radical (unpaired) electrons. The molecular formula is C44H30N2S2. The van der Waals surface area contributed by atoms with Crippen molar-refractivity contribution in [1.29, 1.82) is 0 Å². The maximum atomic E-state index is 3.58. The lowest BCUT2D eigenvalue weighted by Crippen LogP contribution is -1.80. The van der Waals surface area contributed by atoms with E-state index in [9.17, 15) is 0 Å². The highest BCUT2D eigenvalue weighted by molar-refractivity contribution is 7.36. The van der Waals surface area contributed by atoms with Gasteiger partial charge in [0, 0.05) is 53.4 Å². The summed E-state index contributed by atoms with van der Waals surface area (Å²) in [5.41, 5.74) is 14.6. The number of aromatic nitrogens is 2. The quantitative estimate of drug-likeness (QED) is 0.190. The zero-order chi connectivity index (χ0) is 31.9. The molecule has 0 fully saturated rings. The van der Waals surface area contributed by atoms with Crippen molar-refractivity contribution in [3.63, 3.8) is 0 Å². The average Bonchev–Trinajstić information content (AvgIpc) is 3.89. The predicted molar refractivity (Wildman–Crippen MR) is 210 cm³/mol. The third-order valence-electron chi connectivity index (χ3n) is 9.69. The lowest BCUT2D eigenvalue weighted by molar-refractivity contribution is 1.44. The molecular weight excluding hydrogens is 621 g/mol. The highest BCUT2D eigenvalue weighted by Gasteiger charge is 2.14. The molecule has 0 bridgehead atoms. The van der Waals surface area contributed by atoms with Crippen LogP contribution in [-0.2, 0) is 0 Å². The summed E-state index contributed by atoms with van der Waals surface area (Å²) in [7, 11) is 0. The number of aryl methyl sites for hydroxylation is 2. The van der Waals surface area contributed by atoms with Crippen molar-refractivity contribution in [3.05, 3.63) is 145 Å². The lowest BCUT2D eigenvalue weighted by Gasteiger charge is -2.05. The Balaban J connectivity index is 0.938. The number of aromatic amines is 2. The van der Waals surface area contributed by atoms with Crippen LogP contribution in [0, 0.1) is 13.8 Å². The monoisotopic (exact) mass is 650 g/mol. The summed E-state index contributed by atoms with van der Waals surface area (Å²) in [6, 6.07) is 49.4. The van der Waals surface area contributed by atoms with Crippen molar-refractivity contribution in [1.82, 2.24) is 9.97 Å². The molecule has 2 N–H and O–H groups in total. The number of nitrogens with one attached hydrogen (secondary N) is 2. The van der Waals surface area contributed by atoms with Crippen LogP contribution < -0.4 is 0 Å². The largest absolute Gasteiger partial charge is 0.355 e. The third-order valence-corrected chi connectivity index (χ3v) is 12.2. The van der Waals surface area contributed by atoms with Gasteiger partial charge in [0.25, 0.3) is 0 Å². The van der Waals surface area contributed by atoms with Gasteiger partial charge in [-0.25, -0.2) is 0 Å². The van der Waals surface area contributed by atoms with E-state index in [1.165, 1.54) is 95.9 Å². The molecule has 10 rings (SSSR count). The summed E-state index contributed by atoms with van der Waals surface area (Å²) in [5, 5.41) is 5.22. The molecule has 0 amide bonds. The summed E-state index contributed by atoms with van der Waals surface area (Å²) in [5.74, 6) is 0. The Kier molecular flexibility index (Phi) is 6.08. The van der Waals surface area contributed by atoms with Gasteiger partial charge in [0.05, 0.1) is 9.40 Å². The van der Waals surface area contributed by atoms with Crippen molar-refractivity contribution < 1.29 is 0 Å². The number of hydrogen-bond acceptors (Lipinski definition) is 2. The zero-order valence-corrected chi connectivity index (χ0v) is 28.2. The Bertz CT molecular complexity index is 2640. The van der Waals surface area contributed by atoms with Crippen molar-refractivity contribution in [2.75, 3.05) is 0 Å². The Morgan fingerprint density at radius 2 is 0.771 bits per heavy atom. The minimum atomic E-state index is 1.16. The molecule has 0 saturated heterocycles. The molecule has 228 valence electrons. The fourth-order valence-electron chi connectivity index (χ4n) is 7.11. The molecule has 6 aromatic carbocycles. The number of thiophene rings is 2. The van der Waals surface area contributed by atoms with Crippen LogP contribution in [0.2, 0.25) is 0 Å². The first-order chi connectivity index (χ1) is 23.5. The van der Waals surface area contributed by atoms with Crippen molar-refractivity contribution in [2.45, 2.75) is 13.8 Å². The van der Waals surface area contributed by atoms with E-state index in [1.807, 2.05) is 22.7 Å². The molecule has 4 heterocycles. The van der Waals surface area contributed by atoms with Crippen LogP contribution in [-0.4, -0.2) is 9.97 Å². The zero-order valence-electron chi connectivity index (χ0n) is 26.5. The molecule has 10 aromatic rings. The van der Waals surface area contributed by atoms with Gasteiger partial charge in [-0.15, -0.1) is 22.7 Å². The maximum absolute atomic E-state index is 3.58. The van der Waals surface area contributed by atoms with Gasteiger partial charge >= 0.3 is 0 Å². The van der Waals surface area contributed by atoms with Crippen LogP contribution in [0.1, 0.15) is 11.1 Å². The van der Waals surface area contributed by atoms with Crippen molar-refractivity contribution in [3.8, 4) is 44.8 Å². The fourth-order valence-corrected chi connectivity index (χ4v) is 9.85. The smallest absolute Gasteiger partial charge is 0.0542 e. The van der Waals surface area contributed by atoms with E-state index in [4.69, 9.17) is 0 Å². The van der Waals surface area contributed by atoms with Gasteiger partial charge in [0.1, 0.15) is 0 Å². The molecule has 0 unspecified atom stereocenters. The Hall–Kier alpha value is -5.42. The average molecular weight is 651 g/mol. The van der Waals surface area contributed by atoms with Gasteiger partial charge in [-0.2, -0.15) is 0 Å². The first kappa shape index (κ1) is 27.7. The Morgan fingerprint density at radius 1 is 0.375 bits per heavy atom. The minimum Gasteiger partial charge on any atom is -0.355 e. The first-order valence-electron chi connectivity index (χ1n) is 16.3. The highest BCUT2D eigenvalue weighted by Crippen LogP contribution is 2.46. The van der Waals surface area contributed by atoms with Gasteiger partial charge in [-0.1, -0.05) is 96.1 Å². The van der Waals surface area contributed by atoms with E-state index in [0.717, 1.165) is 11.4 Å². The molecule has 0 aliphatic carbocycles. The first-order valence-corrected chi connectivity index (χ1v) is 17.9. The SMILES string of the molecule is Cc1ccc2[nH]c(-c3ccc(-c4ccc5c(c4)sc4c6ccc(-c7ccc(-c8cc9cc(C)ccc9[nH]8)cc7)cc6sc54)cc3)cc2c1. The van der Waals surface area contributed by atoms with E-state index < -0.39 is 0 Å². The van der Waals surface area contributed by atoms with Crippen LogP contribution in [0.3, 0.4) is 0 Å². The van der Waals surface area contributed by atoms with Crippen LogP contribution in [0.15, 0.2) is 133 Å². The highest BCUT2D eigenvalue weighted by atomic mass is 32.1. The number of hydrogen-bond donors (Lipinski definition) is 2. The van der Waals surface area contributed by atoms with E-state index in [0.29, 0.717) is 0 Å². The number of H-pyrrole nitrogens is 2. The van der Waals surface area contributed by atoms with Gasteiger partial charge in [-0.05, 0) is 95.8 Å². The summed E-state index contributed by atoms with van der Waals surface area (Å²) in [4.78, 5) is 7.15. The van der Waals surface area contributed by atoms with Gasteiger partial charge in [0.15, 0.2) is 0 Å². The second-order valence-corrected chi connectivity index (χ2v) is 15.1. The van der Waals surface area contributed by atoms with Gasteiger partial charge in [-0.3, -0.25) is 0 Å². The van der Waals surface area contributed by atoms with Crippen molar-refractivity contribution in [2.24, 2.45) is 0 Å². The van der Waals surface area contributed by atoms with Gasteiger partial charge < -0.3 is 9.97 Å². The topological polar surface area (TPSA) is 31.6 Å². The predicted octanol–water partition coefficient (Wildman–Crippen LogP) is 13.5. The normalized spacial score (nSPS) is 12.0. The molecule has 4 heteroatoms. The van der Waals surface area contributed by atoms with Crippen LogP contribution in [0.25, 0.3) is 96.1 Å². The van der Waals surface area contributed by atoms with E-state index in [1.54, 1.807) is 0 Å². The Morgan fingerprint density at radius 3 is 1.21 bits per heavy atom. The molecule has 0 spiro atoms. The molecule has 0 saturated carbocycles. The summed E-state index contributed by atoms with van der Waals surface area (Å²) >= 11 is 3.83. The minimum absolute atomic E-state index is 1.16. The summed E-state index contributed by atoms with van der Waals surface area (Å²) < 4.78 is 5.47. The molecule has 0 aliphatic heterocycles. The fraction of sp³-hybridized carbons (Fsp3) is 0.0455. The van der Waals surface area contributed by atoms with Crippen molar-refractivity contribution >= 4 is 74.1 Å². The maximum Gasteiger partial charge on any atom is 0.0542 e. The Labute approximate surface area is 285 Å². The molecule has 2 nitrogen and oxygen atoms in total. The summed E-state index contributed by atoms with van der Waals surface area (Å²) in [6.45, 7) is 4.28. The second-order valence-electron chi connectivity index (χ2n) is 13.0. The third kappa shape index (κ3) is 4.52. The molecule has 48 heavy (non-hydrogen) atoms. The van der Waals surface area contributed by atoms with E-state index in [-0.39, 0.29) is 0 Å². The lowest BCUT2D eigenvalue weighted by atomic mass is 10.0. The second kappa shape index (κ2) is 10.5. The number of fused-ring (bicyclic) bond motifs is 7. The molecule has 0 aliphatic rings. The molecule has 4 aromatic heterocycles. The molecule has 0 atom stereocenters. The number of benzene rings is 6. The standard InChI is InChI=1S/C44H30N2S2/c1-25-3-17-37-33(19-25)21-39(45-37)29-9-5-27(6-10-29)31-13-15-35-41(23-31)47-44-36-16-14-32(24-42(36)48-43(35)44)28-7-11-30(12-8-28)40-22-34-20-26(2)4-18-38(34)46-40/h3-24,45-46H,1-2H3.